The lowest BCUT2D eigenvalue weighted by molar-refractivity contribution is -0.121. The van der Waals surface area contributed by atoms with Crippen molar-refractivity contribution in [1.29, 1.82) is 0 Å². The molecule has 0 atom stereocenters. The zero-order valence-corrected chi connectivity index (χ0v) is 8.61. The predicted molar refractivity (Wildman–Crippen MR) is 55.3 cm³/mol. The first-order valence-electron chi connectivity index (χ1n) is 4.62. The molecule has 0 unspecified atom stereocenters. The molecule has 76 valence electrons. The molecule has 1 aliphatic rings. The van der Waals surface area contributed by atoms with Crippen LogP contribution in [0.1, 0.15) is 12.8 Å². The fourth-order valence-corrected chi connectivity index (χ4v) is 2.34. The van der Waals surface area contributed by atoms with Crippen molar-refractivity contribution in [2.75, 3.05) is 31.1 Å². The smallest absolute Gasteiger partial charge is 0.233 e. The number of nitrogens with zero attached hydrogens (tertiary/aromatic N) is 1. The maximum atomic E-state index is 10.8. The molecule has 0 aromatic carbocycles. The van der Waals surface area contributed by atoms with Gasteiger partial charge in [-0.15, -0.1) is 0 Å². The van der Waals surface area contributed by atoms with Gasteiger partial charge in [-0.3, -0.25) is 10.2 Å². The lowest BCUT2D eigenvalue weighted by Gasteiger charge is -2.25. The summed E-state index contributed by atoms with van der Waals surface area (Å²) in [5, 5.41) is 0. The number of carbonyl (C=O) groups excluding carboxylic acids is 1. The van der Waals surface area contributed by atoms with E-state index in [1.165, 1.54) is 11.5 Å². The van der Waals surface area contributed by atoms with E-state index in [2.05, 4.69) is 10.3 Å². The van der Waals surface area contributed by atoms with Crippen LogP contribution in [-0.2, 0) is 4.79 Å². The maximum absolute atomic E-state index is 10.8. The highest BCUT2D eigenvalue weighted by atomic mass is 32.2. The number of amides is 1. The first-order chi connectivity index (χ1) is 6.33. The van der Waals surface area contributed by atoms with Crippen molar-refractivity contribution in [2.24, 2.45) is 5.84 Å². The van der Waals surface area contributed by atoms with Gasteiger partial charge in [-0.1, -0.05) is 0 Å². The van der Waals surface area contributed by atoms with E-state index in [-0.39, 0.29) is 5.91 Å². The molecule has 1 fully saturated rings. The number of hydrazine groups is 1. The minimum Gasteiger partial charge on any atom is -0.302 e. The Morgan fingerprint density at radius 2 is 2.15 bits per heavy atom. The molecule has 1 heterocycles. The van der Waals surface area contributed by atoms with Gasteiger partial charge < -0.3 is 4.90 Å². The van der Waals surface area contributed by atoms with Gasteiger partial charge in [-0.05, 0) is 13.0 Å². The van der Waals surface area contributed by atoms with Gasteiger partial charge in [0.25, 0.3) is 0 Å². The second kappa shape index (κ2) is 6.23. The Hall–Kier alpha value is -0.260. The van der Waals surface area contributed by atoms with Gasteiger partial charge in [0.05, 0.1) is 0 Å². The fourth-order valence-electron chi connectivity index (χ4n) is 1.36. The molecule has 0 saturated carbocycles. The average Bonchev–Trinajstić information content (AvgIpc) is 2.19. The van der Waals surface area contributed by atoms with Gasteiger partial charge in [0.15, 0.2) is 0 Å². The second-order valence-electron chi connectivity index (χ2n) is 3.13. The molecule has 0 bridgehead atoms. The summed E-state index contributed by atoms with van der Waals surface area (Å²) in [4.78, 5) is 13.2. The Morgan fingerprint density at radius 3 is 2.77 bits per heavy atom. The van der Waals surface area contributed by atoms with Crippen LogP contribution in [0, 0.1) is 0 Å². The third-order valence-electron chi connectivity index (χ3n) is 2.14. The highest BCUT2D eigenvalue weighted by Crippen LogP contribution is 2.09. The first-order valence-corrected chi connectivity index (χ1v) is 5.78. The molecule has 5 heteroatoms. The quantitative estimate of drug-likeness (QED) is 0.377. The van der Waals surface area contributed by atoms with E-state index in [0.29, 0.717) is 6.42 Å². The minimum atomic E-state index is -0.0635. The molecule has 1 aliphatic heterocycles. The maximum Gasteiger partial charge on any atom is 0.233 e. The highest BCUT2D eigenvalue weighted by Gasteiger charge is 2.09. The van der Waals surface area contributed by atoms with Crippen LogP contribution < -0.4 is 11.3 Å². The summed E-state index contributed by atoms with van der Waals surface area (Å²) in [5.74, 6) is 7.36. The monoisotopic (exact) mass is 203 g/mol. The predicted octanol–water partition coefficient (Wildman–Crippen LogP) is -0.195. The van der Waals surface area contributed by atoms with Crippen LogP contribution in [0.25, 0.3) is 0 Å². The zero-order valence-electron chi connectivity index (χ0n) is 7.79. The van der Waals surface area contributed by atoms with E-state index in [0.717, 1.165) is 26.1 Å². The molecule has 0 aliphatic carbocycles. The molecular formula is C8H17N3OS. The van der Waals surface area contributed by atoms with E-state index in [4.69, 9.17) is 5.84 Å². The van der Waals surface area contributed by atoms with Crippen molar-refractivity contribution < 1.29 is 4.79 Å². The average molecular weight is 203 g/mol. The van der Waals surface area contributed by atoms with Gasteiger partial charge in [0.1, 0.15) is 0 Å². The lowest BCUT2D eigenvalue weighted by atomic mass is 10.3. The number of thioether (sulfide) groups is 1. The summed E-state index contributed by atoms with van der Waals surface area (Å²) in [5.41, 5.74) is 2.14. The van der Waals surface area contributed by atoms with Gasteiger partial charge in [-0.25, -0.2) is 5.84 Å². The van der Waals surface area contributed by atoms with Crippen molar-refractivity contribution >= 4 is 17.7 Å². The first kappa shape index (κ1) is 10.8. The second-order valence-corrected chi connectivity index (χ2v) is 4.35. The van der Waals surface area contributed by atoms with Crippen molar-refractivity contribution in [1.82, 2.24) is 10.3 Å². The topological polar surface area (TPSA) is 58.4 Å². The standard InChI is InChI=1S/C8H17N3OS/c9-10-8(12)2-1-3-11-4-6-13-7-5-11/h1-7,9H2,(H,10,12). The molecule has 4 nitrogen and oxygen atoms in total. The Labute approximate surface area is 83.2 Å². The number of hydrogen-bond donors (Lipinski definition) is 2. The summed E-state index contributed by atoms with van der Waals surface area (Å²) in [6.07, 6.45) is 1.45. The third-order valence-corrected chi connectivity index (χ3v) is 3.09. The molecule has 1 rings (SSSR count). The van der Waals surface area contributed by atoms with Crippen LogP contribution in [-0.4, -0.2) is 41.9 Å². The van der Waals surface area contributed by atoms with Crippen LogP contribution in [0.2, 0.25) is 0 Å². The van der Waals surface area contributed by atoms with Crippen LogP contribution in [0.3, 0.4) is 0 Å². The number of rotatable bonds is 4. The molecule has 0 radical (unpaired) electrons. The highest BCUT2D eigenvalue weighted by molar-refractivity contribution is 7.99. The lowest BCUT2D eigenvalue weighted by Crippen LogP contribution is -2.35. The summed E-state index contributed by atoms with van der Waals surface area (Å²) in [6, 6.07) is 0. The summed E-state index contributed by atoms with van der Waals surface area (Å²) in [7, 11) is 0. The SMILES string of the molecule is NNC(=O)CCCN1CCSCC1. The molecule has 3 N–H and O–H groups in total. The zero-order chi connectivity index (χ0) is 9.52. The van der Waals surface area contributed by atoms with Gasteiger partial charge in [-0.2, -0.15) is 11.8 Å². The van der Waals surface area contributed by atoms with Gasteiger partial charge >= 0.3 is 0 Å². The minimum absolute atomic E-state index is 0.0635. The fraction of sp³-hybridized carbons (Fsp3) is 0.875. The summed E-state index contributed by atoms with van der Waals surface area (Å²) < 4.78 is 0. The third kappa shape index (κ3) is 4.50. The molecule has 13 heavy (non-hydrogen) atoms. The van der Waals surface area contributed by atoms with Gasteiger partial charge in [0.2, 0.25) is 5.91 Å². The Morgan fingerprint density at radius 1 is 1.46 bits per heavy atom. The van der Waals surface area contributed by atoms with Gasteiger partial charge in [0, 0.05) is 31.0 Å². The van der Waals surface area contributed by atoms with E-state index in [1.54, 1.807) is 0 Å². The van der Waals surface area contributed by atoms with Crippen LogP contribution >= 0.6 is 11.8 Å². The number of hydrogen-bond acceptors (Lipinski definition) is 4. The van der Waals surface area contributed by atoms with Crippen LogP contribution in [0.4, 0.5) is 0 Å². The van der Waals surface area contributed by atoms with Crippen molar-refractivity contribution in [3.05, 3.63) is 0 Å². The van der Waals surface area contributed by atoms with E-state index >= 15 is 0 Å². The molecule has 1 amide bonds. The molecule has 0 aromatic rings. The molecule has 0 aromatic heterocycles. The molecule has 0 spiro atoms. The normalized spacial score (nSPS) is 18.5. The Kier molecular flexibility index (Phi) is 5.19. The number of nitrogens with one attached hydrogen (secondary N) is 1. The summed E-state index contributed by atoms with van der Waals surface area (Å²) >= 11 is 2.00. The van der Waals surface area contributed by atoms with Crippen LogP contribution in [0.15, 0.2) is 0 Å². The largest absolute Gasteiger partial charge is 0.302 e. The van der Waals surface area contributed by atoms with Crippen molar-refractivity contribution in [3.63, 3.8) is 0 Å². The van der Waals surface area contributed by atoms with Crippen LogP contribution in [0.5, 0.6) is 0 Å². The van der Waals surface area contributed by atoms with Crippen molar-refractivity contribution in [2.45, 2.75) is 12.8 Å². The molecule has 1 saturated heterocycles. The molecular weight excluding hydrogens is 186 g/mol. The Balaban J connectivity index is 2.01. The Bertz CT molecular complexity index is 159. The number of nitrogens with two attached hydrogens (primary N) is 1. The van der Waals surface area contributed by atoms with E-state index in [9.17, 15) is 4.79 Å². The van der Waals surface area contributed by atoms with E-state index in [1.807, 2.05) is 11.8 Å². The van der Waals surface area contributed by atoms with Crippen molar-refractivity contribution in [3.8, 4) is 0 Å². The summed E-state index contributed by atoms with van der Waals surface area (Å²) in [6.45, 7) is 3.35. The van der Waals surface area contributed by atoms with E-state index < -0.39 is 0 Å². The number of carbonyl (C=O) groups is 1.